The Kier molecular flexibility index (Phi) is 6.40. The molecule has 2 N–H and O–H groups in total. The van der Waals surface area contributed by atoms with Gasteiger partial charge in [0.2, 0.25) is 0 Å². The van der Waals surface area contributed by atoms with E-state index in [4.69, 9.17) is 0 Å². The highest BCUT2D eigenvalue weighted by Gasteiger charge is 2.04. The predicted octanol–water partition coefficient (Wildman–Crippen LogP) is 3.45. The molecule has 1 aromatic rings. The van der Waals surface area contributed by atoms with Crippen LogP contribution in [0.3, 0.4) is 0 Å². The van der Waals surface area contributed by atoms with Crippen LogP contribution in [0.15, 0.2) is 24.3 Å². The summed E-state index contributed by atoms with van der Waals surface area (Å²) in [7, 11) is 0. The fourth-order valence-electron chi connectivity index (χ4n) is 1.77. The lowest BCUT2D eigenvalue weighted by Gasteiger charge is -2.12. The van der Waals surface area contributed by atoms with Crippen molar-refractivity contribution in [1.29, 1.82) is 0 Å². The number of rotatable bonds is 6. The molecule has 0 aliphatic carbocycles. The Balaban J connectivity index is 2.31. The summed E-state index contributed by atoms with van der Waals surface area (Å²) in [6, 6.07) is 8.77. The molecule has 0 spiro atoms. The molecular formula is C16H26N2O. The largest absolute Gasteiger partial charge is 0.338 e. The van der Waals surface area contributed by atoms with Crippen molar-refractivity contribution >= 4 is 6.03 Å². The van der Waals surface area contributed by atoms with E-state index in [9.17, 15) is 4.79 Å². The highest BCUT2D eigenvalue weighted by Crippen LogP contribution is 2.14. The summed E-state index contributed by atoms with van der Waals surface area (Å²) >= 11 is 0. The van der Waals surface area contributed by atoms with Crippen LogP contribution in [-0.4, -0.2) is 18.6 Å². The SMILES string of the molecule is CCC(C)NC(=O)NCCc1ccc(C(C)C)cc1. The van der Waals surface area contributed by atoms with Gasteiger partial charge in [0, 0.05) is 12.6 Å². The zero-order valence-electron chi connectivity index (χ0n) is 12.5. The number of hydrogen-bond acceptors (Lipinski definition) is 1. The fraction of sp³-hybridized carbons (Fsp3) is 0.562. The molecule has 0 saturated heterocycles. The van der Waals surface area contributed by atoms with Crippen molar-refractivity contribution in [3.63, 3.8) is 0 Å². The molecule has 1 aromatic carbocycles. The molecule has 2 amide bonds. The van der Waals surface area contributed by atoms with E-state index in [0.29, 0.717) is 12.5 Å². The number of urea groups is 1. The van der Waals surface area contributed by atoms with Gasteiger partial charge in [0.15, 0.2) is 0 Å². The highest BCUT2D eigenvalue weighted by molar-refractivity contribution is 5.74. The van der Waals surface area contributed by atoms with E-state index in [0.717, 1.165) is 12.8 Å². The molecule has 19 heavy (non-hydrogen) atoms. The first-order chi connectivity index (χ1) is 9.02. The summed E-state index contributed by atoms with van der Waals surface area (Å²) in [6.45, 7) is 9.11. The molecule has 0 heterocycles. The molecule has 0 fully saturated rings. The third kappa shape index (κ3) is 5.77. The minimum absolute atomic E-state index is 0.0758. The van der Waals surface area contributed by atoms with Gasteiger partial charge >= 0.3 is 6.03 Å². The van der Waals surface area contributed by atoms with Crippen molar-refractivity contribution in [3.8, 4) is 0 Å². The lowest BCUT2D eigenvalue weighted by molar-refractivity contribution is 0.237. The summed E-state index contributed by atoms with van der Waals surface area (Å²) in [5, 5.41) is 5.77. The Bertz CT molecular complexity index is 384. The Morgan fingerprint density at radius 2 is 1.79 bits per heavy atom. The van der Waals surface area contributed by atoms with Crippen molar-refractivity contribution in [3.05, 3.63) is 35.4 Å². The molecule has 1 atom stereocenters. The fourth-order valence-corrected chi connectivity index (χ4v) is 1.77. The molecule has 0 aromatic heterocycles. The van der Waals surface area contributed by atoms with Crippen molar-refractivity contribution in [2.45, 2.75) is 52.5 Å². The van der Waals surface area contributed by atoms with Gasteiger partial charge in [-0.15, -0.1) is 0 Å². The van der Waals surface area contributed by atoms with E-state index in [1.54, 1.807) is 0 Å². The van der Waals surface area contributed by atoms with E-state index >= 15 is 0 Å². The van der Waals surface area contributed by atoms with Crippen LogP contribution in [0, 0.1) is 0 Å². The number of amides is 2. The molecule has 0 aliphatic heterocycles. The van der Waals surface area contributed by atoms with Crippen molar-refractivity contribution in [1.82, 2.24) is 10.6 Å². The molecule has 3 nitrogen and oxygen atoms in total. The van der Waals surface area contributed by atoms with Crippen LogP contribution in [0.25, 0.3) is 0 Å². The molecular weight excluding hydrogens is 236 g/mol. The number of nitrogens with one attached hydrogen (secondary N) is 2. The van der Waals surface area contributed by atoms with E-state index < -0.39 is 0 Å². The minimum Gasteiger partial charge on any atom is -0.338 e. The topological polar surface area (TPSA) is 41.1 Å². The third-order valence-corrected chi connectivity index (χ3v) is 3.34. The third-order valence-electron chi connectivity index (χ3n) is 3.34. The van der Waals surface area contributed by atoms with Crippen LogP contribution in [0.5, 0.6) is 0 Å². The maximum absolute atomic E-state index is 11.5. The lowest BCUT2D eigenvalue weighted by Crippen LogP contribution is -2.41. The first-order valence-corrected chi connectivity index (χ1v) is 7.16. The molecule has 1 rings (SSSR count). The second-order valence-electron chi connectivity index (χ2n) is 5.36. The number of carbonyl (C=O) groups excluding carboxylic acids is 1. The summed E-state index contributed by atoms with van der Waals surface area (Å²) in [4.78, 5) is 11.5. The van der Waals surface area contributed by atoms with Crippen molar-refractivity contribution < 1.29 is 4.79 Å². The van der Waals surface area contributed by atoms with Gasteiger partial charge in [-0.05, 0) is 36.8 Å². The zero-order chi connectivity index (χ0) is 14.3. The molecule has 0 aliphatic rings. The van der Waals surface area contributed by atoms with Gasteiger partial charge < -0.3 is 10.6 Å². The maximum Gasteiger partial charge on any atom is 0.315 e. The lowest BCUT2D eigenvalue weighted by atomic mass is 10.0. The Morgan fingerprint density at radius 1 is 1.16 bits per heavy atom. The first kappa shape index (κ1) is 15.5. The Morgan fingerprint density at radius 3 is 2.32 bits per heavy atom. The Hall–Kier alpha value is -1.51. The number of carbonyl (C=O) groups is 1. The second kappa shape index (κ2) is 7.82. The summed E-state index contributed by atoms with van der Waals surface area (Å²) in [5.41, 5.74) is 2.61. The molecule has 1 unspecified atom stereocenters. The predicted molar refractivity (Wildman–Crippen MR) is 80.5 cm³/mol. The normalized spacial score (nSPS) is 12.3. The standard InChI is InChI=1S/C16H26N2O/c1-5-13(4)18-16(19)17-11-10-14-6-8-15(9-7-14)12(2)3/h6-9,12-13H,5,10-11H2,1-4H3,(H2,17,18,19). The van der Waals surface area contributed by atoms with E-state index in [2.05, 4.69) is 55.7 Å². The summed E-state index contributed by atoms with van der Waals surface area (Å²) < 4.78 is 0. The highest BCUT2D eigenvalue weighted by atomic mass is 16.2. The zero-order valence-corrected chi connectivity index (χ0v) is 12.5. The second-order valence-corrected chi connectivity index (χ2v) is 5.36. The quantitative estimate of drug-likeness (QED) is 0.810. The van der Waals surface area contributed by atoms with Crippen LogP contribution in [0.1, 0.15) is 51.2 Å². The van der Waals surface area contributed by atoms with Gasteiger partial charge in [-0.3, -0.25) is 0 Å². The van der Waals surface area contributed by atoms with Crippen LogP contribution in [0.2, 0.25) is 0 Å². The average molecular weight is 262 g/mol. The van der Waals surface area contributed by atoms with Gasteiger partial charge in [-0.1, -0.05) is 45.0 Å². The van der Waals surface area contributed by atoms with Gasteiger partial charge in [-0.25, -0.2) is 4.79 Å². The average Bonchev–Trinajstić information content (AvgIpc) is 2.39. The summed E-state index contributed by atoms with van der Waals surface area (Å²) in [5.74, 6) is 0.563. The van der Waals surface area contributed by atoms with Crippen LogP contribution < -0.4 is 10.6 Å². The molecule has 3 heteroatoms. The van der Waals surface area contributed by atoms with Gasteiger partial charge in [0.1, 0.15) is 0 Å². The number of benzene rings is 1. The van der Waals surface area contributed by atoms with E-state index in [1.165, 1.54) is 11.1 Å². The van der Waals surface area contributed by atoms with Gasteiger partial charge in [-0.2, -0.15) is 0 Å². The summed E-state index contributed by atoms with van der Waals surface area (Å²) in [6.07, 6.45) is 1.82. The van der Waals surface area contributed by atoms with Gasteiger partial charge in [0.05, 0.1) is 0 Å². The van der Waals surface area contributed by atoms with Gasteiger partial charge in [0.25, 0.3) is 0 Å². The Labute approximate surface area is 116 Å². The minimum atomic E-state index is -0.0758. The molecule has 0 radical (unpaired) electrons. The first-order valence-electron chi connectivity index (χ1n) is 7.16. The van der Waals surface area contributed by atoms with Crippen molar-refractivity contribution in [2.24, 2.45) is 0 Å². The van der Waals surface area contributed by atoms with Crippen LogP contribution in [0.4, 0.5) is 4.79 Å². The van der Waals surface area contributed by atoms with Crippen molar-refractivity contribution in [2.75, 3.05) is 6.54 Å². The van der Waals surface area contributed by atoms with Crippen LogP contribution >= 0.6 is 0 Å². The number of hydrogen-bond donors (Lipinski definition) is 2. The van der Waals surface area contributed by atoms with E-state index in [1.807, 2.05) is 6.92 Å². The molecule has 0 saturated carbocycles. The van der Waals surface area contributed by atoms with E-state index in [-0.39, 0.29) is 12.1 Å². The van der Waals surface area contributed by atoms with Crippen LogP contribution in [-0.2, 0) is 6.42 Å². The smallest absolute Gasteiger partial charge is 0.315 e. The molecule has 106 valence electrons. The monoisotopic (exact) mass is 262 g/mol. The maximum atomic E-state index is 11.5. The molecule has 0 bridgehead atoms.